The van der Waals surface area contributed by atoms with Crippen LogP contribution in [0.5, 0.6) is 5.75 Å². The van der Waals surface area contributed by atoms with E-state index in [4.69, 9.17) is 10.5 Å². The van der Waals surface area contributed by atoms with Crippen LogP contribution in [0.4, 0.5) is 0 Å². The lowest BCUT2D eigenvalue weighted by Gasteiger charge is -2.27. The van der Waals surface area contributed by atoms with Crippen LogP contribution in [0.15, 0.2) is 18.2 Å². The lowest BCUT2D eigenvalue weighted by Crippen LogP contribution is -2.43. The van der Waals surface area contributed by atoms with Gasteiger partial charge in [0.25, 0.3) is 0 Å². The van der Waals surface area contributed by atoms with Gasteiger partial charge in [0.1, 0.15) is 5.75 Å². The summed E-state index contributed by atoms with van der Waals surface area (Å²) in [6.07, 6.45) is 4.69. The fourth-order valence-electron chi connectivity index (χ4n) is 3.08. The van der Waals surface area contributed by atoms with Crippen LogP contribution < -0.4 is 10.5 Å². The second kappa shape index (κ2) is 6.40. The smallest absolute Gasteiger partial charge is 0.122 e. The second-order valence-corrected chi connectivity index (χ2v) is 5.71. The predicted octanol–water partition coefficient (Wildman–Crippen LogP) is 2.36. The Bertz CT molecular complexity index is 419. The standard InChI is InChI=1S/C16H26N2O/c1-12-7-8-16(19-3)13(11-12)9-10-18(2)15-6-4-5-14(15)17/h7-8,11,14-15H,4-6,9-10,17H2,1-3H3. The van der Waals surface area contributed by atoms with Crippen molar-refractivity contribution >= 4 is 0 Å². The SMILES string of the molecule is COc1ccc(C)cc1CCN(C)C1CCCC1N. The molecule has 0 aliphatic heterocycles. The minimum absolute atomic E-state index is 0.351. The Labute approximate surface area is 116 Å². The number of ether oxygens (including phenoxy) is 1. The summed E-state index contributed by atoms with van der Waals surface area (Å²) < 4.78 is 5.44. The molecule has 19 heavy (non-hydrogen) atoms. The fourth-order valence-corrected chi connectivity index (χ4v) is 3.08. The van der Waals surface area contributed by atoms with Crippen LogP contribution in [0.25, 0.3) is 0 Å². The van der Waals surface area contributed by atoms with Crippen LogP contribution in [0.3, 0.4) is 0 Å². The number of hydrogen-bond donors (Lipinski definition) is 1. The Kier molecular flexibility index (Phi) is 4.83. The predicted molar refractivity (Wildman–Crippen MR) is 79.7 cm³/mol. The van der Waals surface area contributed by atoms with E-state index in [2.05, 4.69) is 37.1 Å². The van der Waals surface area contributed by atoms with Crippen molar-refractivity contribution < 1.29 is 4.74 Å². The van der Waals surface area contributed by atoms with Gasteiger partial charge in [-0.1, -0.05) is 24.1 Å². The quantitative estimate of drug-likeness (QED) is 0.885. The molecule has 0 heterocycles. The third-order valence-corrected chi connectivity index (χ3v) is 4.27. The number of likely N-dealkylation sites (N-methyl/N-ethyl adjacent to an activating group) is 1. The van der Waals surface area contributed by atoms with E-state index < -0.39 is 0 Å². The van der Waals surface area contributed by atoms with Crippen molar-refractivity contribution in [2.75, 3.05) is 20.7 Å². The summed E-state index contributed by atoms with van der Waals surface area (Å²) in [5.74, 6) is 0.995. The summed E-state index contributed by atoms with van der Waals surface area (Å²) in [4.78, 5) is 2.42. The van der Waals surface area contributed by atoms with Crippen molar-refractivity contribution in [1.29, 1.82) is 0 Å². The molecule has 0 radical (unpaired) electrons. The highest BCUT2D eigenvalue weighted by Gasteiger charge is 2.27. The van der Waals surface area contributed by atoms with Crippen molar-refractivity contribution in [3.05, 3.63) is 29.3 Å². The Balaban J connectivity index is 1.96. The number of rotatable bonds is 5. The van der Waals surface area contributed by atoms with Gasteiger partial charge in [-0.3, -0.25) is 0 Å². The molecule has 2 atom stereocenters. The Morgan fingerprint density at radius 3 is 2.79 bits per heavy atom. The highest BCUT2D eigenvalue weighted by atomic mass is 16.5. The molecule has 2 unspecified atom stereocenters. The summed E-state index contributed by atoms with van der Waals surface area (Å²) in [5, 5.41) is 0. The van der Waals surface area contributed by atoms with E-state index in [0.29, 0.717) is 12.1 Å². The van der Waals surface area contributed by atoms with Crippen LogP contribution in [-0.2, 0) is 6.42 Å². The lowest BCUT2D eigenvalue weighted by atomic mass is 10.1. The third kappa shape index (κ3) is 3.48. The van der Waals surface area contributed by atoms with Gasteiger partial charge in [0, 0.05) is 18.6 Å². The van der Waals surface area contributed by atoms with Gasteiger partial charge in [-0.05, 0) is 44.9 Å². The maximum Gasteiger partial charge on any atom is 0.122 e. The molecule has 1 aliphatic carbocycles. The van der Waals surface area contributed by atoms with E-state index in [0.717, 1.165) is 18.7 Å². The molecule has 2 rings (SSSR count). The number of hydrogen-bond acceptors (Lipinski definition) is 3. The highest BCUT2D eigenvalue weighted by molar-refractivity contribution is 5.37. The van der Waals surface area contributed by atoms with Gasteiger partial charge in [-0.25, -0.2) is 0 Å². The maximum absolute atomic E-state index is 6.16. The molecule has 0 spiro atoms. The zero-order valence-electron chi connectivity index (χ0n) is 12.4. The molecule has 0 saturated heterocycles. The van der Waals surface area contributed by atoms with E-state index in [9.17, 15) is 0 Å². The van der Waals surface area contributed by atoms with Crippen molar-refractivity contribution in [2.24, 2.45) is 5.73 Å². The summed E-state index contributed by atoms with van der Waals surface area (Å²) in [7, 11) is 3.93. The normalized spacial score (nSPS) is 23.0. The van der Waals surface area contributed by atoms with Crippen LogP contribution in [0, 0.1) is 6.92 Å². The largest absolute Gasteiger partial charge is 0.496 e. The molecule has 1 aromatic carbocycles. The van der Waals surface area contributed by atoms with E-state index in [1.54, 1.807) is 7.11 Å². The molecule has 106 valence electrons. The van der Waals surface area contributed by atoms with Crippen LogP contribution in [0.2, 0.25) is 0 Å². The summed E-state index contributed by atoms with van der Waals surface area (Å²) in [6, 6.07) is 7.28. The van der Waals surface area contributed by atoms with Gasteiger partial charge in [0.2, 0.25) is 0 Å². The van der Waals surface area contributed by atoms with Crippen LogP contribution >= 0.6 is 0 Å². The number of methoxy groups -OCH3 is 1. The second-order valence-electron chi connectivity index (χ2n) is 5.71. The van der Waals surface area contributed by atoms with Gasteiger partial charge in [-0.15, -0.1) is 0 Å². The van der Waals surface area contributed by atoms with Gasteiger partial charge < -0.3 is 15.4 Å². The molecule has 1 aromatic rings. The van der Waals surface area contributed by atoms with E-state index in [-0.39, 0.29) is 0 Å². The number of nitrogens with zero attached hydrogens (tertiary/aromatic N) is 1. The first kappa shape index (κ1) is 14.4. The number of nitrogens with two attached hydrogens (primary N) is 1. The molecule has 0 aromatic heterocycles. The Hall–Kier alpha value is -1.06. The average Bonchev–Trinajstić information content (AvgIpc) is 2.82. The molecular formula is C16H26N2O. The monoisotopic (exact) mass is 262 g/mol. The topological polar surface area (TPSA) is 38.5 Å². The fraction of sp³-hybridized carbons (Fsp3) is 0.625. The first-order chi connectivity index (χ1) is 9.11. The van der Waals surface area contributed by atoms with Gasteiger partial charge in [0.05, 0.1) is 7.11 Å². The Morgan fingerprint density at radius 2 is 2.16 bits per heavy atom. The number of benzene rings is 1. The van der Waals surface area contributed by atoms with Crippen LogP contribution in [0.1, 0.15) is 30.4 Å². The zero-order chi connectivity index (χ0) is 13.8. The Morgan fingerprint density at radius 1 is 1.37 bits per heavy atom. The molecule has 0 amide bonds. The molecule has 0 bridgehead atoms. The molecular weight excluding hydrogens is 236 g/mol. The molecule has 2 N–H and O–H groups in total. The lowest BCUT2D eigenvalue weighted by molar-refractivity contribution is 0.230. The maximum atomic E-state index is 6.16. The molecule has 3 heteroatoms. The zero-order valence-corrected chi connectivity index (χ0v) is 12.4. The minimum Gasteiger partial charge on any atom is -0.496 e. The summed E-state index contributed by atoms with van der Waals surface area (Å²) >= 11 is 0. The van der Waals surface area contributed by atoms with Gasteiger partial charge in [0.15, 0.2) is 0 Å². The summed E-state index contributed by atoms with van der Waals surface area (Å²) in [6.45, 7) is 3.16. The van der Waals surface area contributed by atoms with Crippen molar-refractivity contribution in [3.63, 3.8) is 0 Å². The highest BCUT2D eigenvalue weighted by Crippen LogP contribution is 2.24. The molecule has 1 fully saturated rings. The van der Waals surface area contributed by atoms with E-state index in [1.807, 2.05) is 0 Å². The molecule has 1 aliphatic rings. The van der Waals surface area contributed by atoms with Crippen molar-refractivity contribution in [1.82, 2.24) is 4.90 Å². The first-order valence-corrected chi connectivity index (χ1v) is 7.21. The van der Waals surface area contributed by atoms with Gasteiger partial charge >= 0.3 is 0 Å². The summed E-state index contributed by atoms with van der Waals surface area (Å²) in [5.41, 5.74) is 8.74. The van der Waals surface area contributed by atoms with E-state index in [1.165, 1.54) is 30.4 Å². The van der Waals surface area contributed by atoms with E-state index >= 15 is 0 Å². The number of aryl methyl sites for hydroxylation is 1. The molecule has 1 saturated carbocycles. The van der Waals surface area contributed by atoms with Crippen LogP contribution in [-0.4, -0.2) is 37.7 Å². The van der Waals surface area contributed by atoms with Crippen molar-refractivity contribution in [2.45, 2.75) is 44.7 Å². The molecule has 3 nitrogen and oxygen atoms in total. The average molecular weight is 262 g/mol. The van der Waals surface area contributed by atoms with Gasteiger partial charge in [-0.2, -0.15) is 0 Å². The first-order valence-electron chi connectivity index (χ1n) is 7.21. The third-order valence-electron chi connectivity index (χ3n) is 4.27. The van der Waals surface area contributed by atoms with Crippen molar-refractivity contribution in [3.8, 4) is 5.75 Å². The minimum atomic E-state index is 0.351.